The van der Waals surface area contributed by atoms with Crippen molar-refractivity contribution in [2.75, 3.05) is 33.4 Å². The van der Waals surface area contributed by atoms with E-state index in [-0.39, 0.29) is 6.04 Å². The number of hydrogen-bond donors (Lipinski definition) is 1. The van der Waals surface area contributed by atoms with E-state index in [0.717, 1.165) is 6.42 Å². The number of nitrogens with zero attached hydrogens (tertiary/aromatic N) is 1. The molecule has 1 saturated heterocycles. The SMILES string of the molecule is COC[C@@H](N[C@@H]1CCN(CC(F)(F)F)C1)C1CC1. The molecule has 0 unspecified atom stereocenters. The standard InChI is InChI=1S/C12H21F3N2O/c1-18-7-11(9-2-3-9)16-10-4-5-17(6-10)8-12(13,14)15/h9-11,16H,2-8H2,1H3/t10-,11-/m1/s1. The van der Waals surface area contributed by atoms with Crippen LogP contribution in [0.5, 0.6) is 0 Å². The lowest BCUT2D eigenvalue weighted by Gasteiger charge is -2.23. The highest BCUT2D eigenvalue weighted by Gasteiger charge is 2.37. The summed E-state index contributed by atoms with van der Waals surface area (Å²) in [5.74, 6) is 0.654. The van der Waals surface area contributed by atoms with Gasteiger partial charge in [0.1, 0.15) is 0 Å². The molecule has 2 aliphatic rings. The molecule has 18 heavy (non-hydrogen) atoms. The first-order chi connectivity index (χ1) is 8.48. The van der Waals surface area contributed by atoms with Gasteiger partial charge in [0.05, 0.1) is 13.2 Å². The average molecular weight is 266 g/mol. The molecular weight excluding hydrogens is 245 g/mol. The van der Waals surface area contributed by atoms with E-state index < -0.39 is 12.7 Å². The van der Waals surface area contributed by atoms with Crippen LogP contribution < -0.4 is 5.32 Å². The molecular formula is C12H21F3N2O. The van der Waals surface area contributed by atoms with Gasteiger partial charge >= 0.3 is 6.18 Å². The van der Waals surface area contributed by atoms with Crippen LogP contribution in [-0.4, -0.2) is 56.5 Å². The van der Waals surface area contributed by atoms with Gasteiger partial charge in [-0.25, -0.2) is 0 Å². The number of nitrogens with one attached hydrogen (secondary N) is 1. The first kappa shape index (κ1) is 14.1. The number of halogens is 3. The third-order valence-electron chi connectivity index (χ3n) is 3.66. The van der Waals surface area contributed by atoms with Crippen LogP contribution in [0.3, 0.4) is 0 Å². The summed E-state index contributed by atoms with van der Waals surface area (Å²) in [6.07, 6.45) is -0.875. The second-order valence-corrected chi connectivity index (χ2v) is 5.40. The maximum atomic E-state index is 12.3. The van der Waals surface area contributed by atoms with Crippen LogP contribution in [0.15, 0.2) is 0 Å². The number of likely N-dealkylation sites (tertiary alicyclic amines) is 1. The highest BCUT2D eigenvalue weighted by atomic mass is 19.4. The number of methoxy groups -OCH3 is 1. The van der Waals surface area contributed by atoms with E-state index in [1.54, 1.807) is 7.11 Å². The summed E-state index contributed by atoms with van der Waals surface area (Å²) >= 11 is 0. The molecule has 1 aliphatic heterocycles. The van der Waals surface area contributed by atoms with Crippen LogP contribution in [0.4, 0.5) is 13.2 Å². The summed E-state index contributed by atoms with van der Waals surface area (Å²) in [5.41, 5.74) is 0. The van der Waals surface area contributed by atoms with Gasteiger partial charge in [-0.1, -0.05) is 0 Å². The molecule has 1 N–H and O–H groups in total. The second-order valence-electron chi connectivity index (χ2n) is 5.40. The monoisotopic (exact) mass is 266 g/mol. The lowest BCUT2D eigenvalue weighted by Crippen LogP contribution is -2.44. The predicted molar refractivity (Wildman–Crippen MR) is 62.4 cm³/mol. The van der Waals surface area contributed by atoms with Crippen molar-refractivity contribution < 1.29 is 17.9 Å². The van der Waals surface area contributed by atoms with Gasteiger partial charge in [-0.05, 0) is 25.2 Å². The summed E-state index contributed by atoms with van der Waals surface area (Å²) in [6.45, 7) is 0.887. The fourth-order valence-corrected chi connectivity index (χ4v) is 2.67. The van der Waals surface area contributed by atoms with Crippen LogP contribution in [-0.2, 0) is 4.74 Å². The Kier molecular flexibility index (Phi) is 4.50. The van der Waals surface area contributed by atoms with Gasteiger partial charge in [0.15, 0.2) is 0 Å². The zero-order valence-electron chi connectivity index (χ0n) is 10.7. The third kappa shape index (κ3) is 4.40. The van der Waals surface area contributed by atoms with Crippen molar-refractivity contribution in [2.45, 2.75) is 37.5 Å². The number of hydrogen-bond acceptors (Lipinski definition) is 3. The molecule has 0 aromatic rings. The van der Waals surface area contributed by atoms with Crippen LogP contribution in [0.1, 0.15) is 19.3 Å². The molecule has 0 spiro atoms. The van der Waals surface area contributed by atoms with E-state index in [1.807, 2.05) is 0 Å². The molecule has 1 saturated carbocycles. The summed E-state index contributed by atoms with van der Waals surface area (Å²) in [5, 5.41) is 3.46. The second kappa shape index (κ2) is 5.75. The van der Waals surface area contributed by atoms with E-state index in [2.05, 4.69) is 5.32 Å². The predicted octanol–water partition coefficient (Wildman–Crippen LogP) is 1.64. The minimum absolute atomic E-state index is 0.174. The molecule has 0 amide bonds. The van der Waals surface area contributed by atoms with Gasteiger partial charge < -0.3 is 10.1 Å². The fourth-order valence-electron chi connectivity index (χ4n) is 2.67. The molecule has 0 bridgehead atoms. The van der Waals surface area contributed by atoms with Crippen molar-refractivity contribution in [1.82, 2.24) is 10.2 Å². The minimum Gasteiger partial charge on any atom is -0.383 e. The highest BCUT2D eigenvalue weighted by Crippen LogP contribution is 2.33. The summed E-state index contributed by atoms with van der Waals surface area (Å²) in [6, 6.07) is 0.485. The first-order valence-corrected chi connectivity index (χ1v) is 6.52. The maximum Gasteiger partial charge on any atom is 0.401 e. The minimum atomic E-state index is -4.09. The van der Waals surface area contributed by atoms with Gasteiger partial charge in [0.2, 0.25) is 0 Å². The summed E-state index contributed by atoms with van der Waals surface area (Å²) in [4.78, 5) is 1.48. The number of rotatable bonds is 6. The molecule has 106 valence electrons. The smallest absolute Gasteiger partial charge is 0.383 e. The van der Waals surface area contributed by atoms with E-state index in [1.165, 1.54) is 17.7 Å². The Balaban J connectivity index is 1.74. The number of alkyl halides is 3. The Morgan fingerprint density at radius 3 is 2.61 bits per heavy atom. The van der Waals surface area contributed by atoms with Crippen LogP contribution in [0, 0.1) is 5.92 Å². The van der Waals surface area contributed by atoms with Gasteiger partial charge in [0.25, 0.3) is 0 Å². The molecule has 2 rings (SSSR count). The molecule has 2 atom stereocenters. The summed E-state index contributed by atoms with van der Waals surface area (Å²) < 4.78 is 42.0. The van der Waals surface area contributed by atoms with E-state index in [0.29, 0.717) is 31.7 Å². The zero-order chi connectivity index (χ0) is 13.2. The van der Waals surface area contributed by atoms with Crippen LogP contribution >= 0.6 is 0 Å². The topological polar surface area (TPSA) is 24.5 Å². The van der Waals surface area contributed by atoms with Crippen molar-refractivity contribution >= 4 is 0 Å². The molecule has 6 heteroatoms. The van der Waals surface area contributed by atoms with Crippen molar-refractivity contribution in [3.05, 3.63) is 0 Å². The molecule has 0 aromatic heterocycles. The van der Waals surface area contributed by atoms with Crippen molar-refractivity contribution in [3.63, 3.8) is 0 Å². The fraction of sp³-hybridized carbons (Fsp3) is 1.00. The average Bonchev–Trinajstić information content (AvgIpc) is 3.00. The first-order valence-electron chi connectivity index (χ1n) is 6.52. The quantitative estimate of drug-likeness (QED) is 0.791. The molecule has 1 aliphatic carbocycles. The third-order valence-corrected chi connectivity index (χ3v) is 3.66. The maximum absolute atomic E-state index is 12.3. The Morgan fingerprint density at radius 2 is 2.06 bits per heavy atom. The van der Waals surface area contributed by atoms with Crippen LogP contribution in [0.25, 0.3) is 0 Å². The Labute approximate surface area is 106 Å². The van der Waals surface area contributed by atoms with Crippen LogP contribution in [0.2, 0.25) is 0 Å². The molecule has 1 heterocycles. The lowest BCUT2D eigenvalue weighted by molar-refractivity contribution is -0.143. The molecule has 2 fully saturated rings. The molecule has 0 radical (unpaired) electrons. The van der Waals surface area contributed by atoms with E-state index >= 15 is 0 Å². The summed E-state index contributed by atoms with van der Waals surface area (Å²) in [7, 11) is 1.67. The van der Waals surface area contributed by atoms with E-state index in [9.17, 15) is 13.2 Å². The Morgan fingerprint density at radius 1 is 1.33 bits per heavy atom. The normalized spacial score (nSPS) is 27.7. The van der Waals surface area contributed by atoms with Crippen molar-refractivity contribution in [2.24, 2.45) is 5.92 Å². The van der Waals surface area contributed by atoms with E-state index in [4.69, 9.17) is 4.74 Å². The van der Waals surface area contributed by atoms with Crippen molar-refractivity contribution in [1.29, 1.82) is 0 Å². The van der Waals surface area contributed by atoms with Crippen molar-refractivity contribution in [3.8, 4) is 0 Å². The Bertz CT molecular complexity index is 269. The highest BCUT2D eigenvalue weighted by molar-refractivity contribution is 4.91. The van der Waals surface area contributed by atoms with Gasteiger partial charge in [0, 0.05) is 32.3 Å². The zero-order valence-corrected chi connectivity index (χ0v) is 10.7. The largest absolute Gasteiger partial charge is 0.401 e. The Hall–Kier alpha value is -0.330. The number of ether oxygens (including phenoxy) is 1. The van der Waals surface area contributed by atoms with Gasteiger partial charge in [-0.2, -0.15) is 13.2 Å². The van der Waals surface area contributed by atoms with Gasteiger partial charge in [-0.15, -0.1) is 0 Å². The molecule has 0 aromatic carbocycles. The van der Waals surface area contributed by atoms with Gasteiger partial charge in [-0.3, -0.25) is 4.90 Å². The lowest BCUT2D eigenvalue weighted by atomic mass is 10.1. The molecule has 3 nitrogen and oxygen atoms in total.